The van der Waals surface area contributed by atoms with Crippen LogP contribution in [0, 0.1) is 0 Å². The van der Waals surface area contributed by atoms with Crippen molar-refractivity contribution in [3.05, 3.63) is 35.4 Å². The fourth-order valence-electron chi connectivity index (χ4n) is 2.19. The number of benzene rings is 1. The molecule has 1 aliphatic rings. The SMILES string of the molecule is COCC(=O)CCC1Cc2ccccc21. The summed E-state index contributed by atoms with van der Waals surface area (Å²) in [6.45, 7) is 0.258. The second-order valence-corrected chi connectivity index (χ2v) is 4.11. The fourth-order valence-corrected chi connectivity index (χ4v) is 2.19. The van der Waals surface area contributed by atoms with Crippen molar-refractivity contribution in [2.75, 3.05) is 13.7 Å². The van der Waals surface area contributed by atoms with Crippen molar-refractivity contribution in [2.45, 2.75) is 25.2 Å². The number of carbonyl (C=O) groups is 1. The quantitative estimate of drug-likeness (QED) is 0.735. The standard InChI is InChI=1S/C13H16O2/c1-15-9-12(14)7-6-11-8-10-4-2-3-5-13(10)11/h2-5,11H,6-9H2,1H3. The van der Waals surface area contributed by atoms with Crippen LogP contribution >= 0.6 is 0 Å². The van der Waals surface area contributed by atoms with Gasteiger partial charge in [-0.1, -0.05) is 24.3 Å². The van der Waals surface area contributed by atoms with Gasteiger partial charge in [0.05, 0.1) is 0 Å². The summed E-state index contributed by atoms with van der Waals surface area (Å²) in [6.07, 6.45) is 2.75. The maximum atomic E-state index is 11.3. The van der Waals surface area contributed by atoms with Crippen molar-refractivity contribution in [2.24, 2.45) is 0 Å². The maximum absolute atomic E-state index is 11.3. The summed E-state index contributed by atoms with van der Waals surface area (Å²) in [5.41, 5.74) is 2.88. The Morgan fingerprint density at radius 1 is 1.47 bits per heavy atom. The molecule has 1 aromatic rings. The minimum absolute atomic E-state index is 0.210. The van der Waals surface area contributed by atoms with E-state index in [1.807, 2.05) is 0 Å². The highest BCUT2D eigenvalue weighted by molar-refractivity contribution is 5.79. The predicted molar refractivity (Wildman–Crippen MR) is 59.0 cm³/mol. The van der Waals surface area contributed by atoms with Crippen LogP contribution in [-0.4, -0.2) is 19.5 Å². The Hall–Kier alpha value is -1.15. The van der Waals surface area contributed by atoms with Crippen molar-refractivity contribution < 1.29 is 9.53 Å². The molecular weight excluding hydrogens is 188 g/mol. The molecule has 0 aromatic heterocycles. The Morgan fingerprint density at radius 2 is 2.27 bits per heavy atom. The molecular formula is C13H16O2. The van der Waals surface area contributed by atoms with E-state index in [0.717, 1.165) is 12.8 Å². The van der Waals surface area contributed by atoms with Gasteiger partial charge >= 0.3 is 0 Å². The van der Waals surface area contributed by atoms with Crippen LogP contribution in [0.15, 0.2) is 24.3 Å². The molecule has 0 fully saturated rings. The third-order valence-corrected chi connectivity index (χ3v) is 3.04. The molecule has 80 valence electrons. The zero-order chi connectivity index (χ0) is 10.7. The molecule has 0 N–H and O–H groups in total. The lowest BCUT2D eigenvalue weighted by Gasteiger charge is -2.29. The second-order valence-electron chi connectivity index (χ2n) is 4.11. The molecule has 1 aliphatic carbocycles. The van der Waals surface area contributed by atoms with E-state index in [-0.39, 0.29) is 12.4 Å². The van der Waals surface area contributed by atoms with Gasteiger partial charge in [0.15, 0.2) is 5.78 Å². The summed E-state index contributed by atoms with van der Waals surface area (Å²) in [6, 6.07) is 8.49. The molecule has 0 saturated carbocycles. The largest absolute Gasteiger partial charge is 0.377 e. The molecule has 1 unspecified atom stereocenters. The van der Waals surface area contributed by atoms with Crippen molar-refractivity contribution in [3.8, 4) is 0 Å². The topological polar surface area (TPSA) is 26.3 Å². The van der Waals surface area contributed by atoms with Gasteiger partial charge < -0.3 is 4.74 Å². The van der Waals surface area contributed by atoms with E-state index in [0.29, 0.717) is 12.3 Å². The number of carbonyl (C=O) groups excluding carboxylic acids is 1. The highest BCUT2D eigenvalue weighted by atomic mass is 16.5. The van der Waals surface area contributed by atoms with Crippen LogP contribution in [0.2, 0.25) is 0 Å². The molecule has 1 atom stereocenters. The third-order valence-electron chi connectivity index (χ3n) is 3.04. The van der Waals surface area contributed by atoms with Crippen LogP contribution in [0.3, 0.4) is 0 Å². The predicted octanol–water partition coefficient (Wildman–Crippen LogP) is 2.32. The van der Waals surface area contributed by atoms with Gasteiger partial charge in [-0.05, 0) is 29.9 Å². The van der Waals surface area contributed by atoms with E-state index in [9.17, 15) is 4.79 Å². The van der Waals surface area contributed by atoms with E-state index in [2.05, 4.69) is 24.3 Å². The second kappa shape index (κ2) is 4.58. The smallest absolute Gasteiger partial charge is 0.158 e. The molecule has 0 spiro atoms. The summed E-state index contributed by atoms with van der Waals surface area (Å²) < 4.78 is 4.81. The van der Waals surface area contributed by atoms with Crippen LogP contribution in [0.1, 0.15) is 29.9 Å². The number of fused-ring (bicyclic) bond motifs is 1. The molecule has 2 heteroatoms. The summed E-state index contributed by atoms with van der Waals surface area (Å²) >= 11 is 0. The van der Waals surface area contributed by atoms with Crippen LogP contribution < -0.4 is 0 Å². The third kappa shape index (κ3) is 2.26. The van der Waals surface area contributed by atoms with Crippen molar-refractivity contribution >= 4 is 5.78 Å². The number of hydrogen-bond donors (Lipinski definition) is 0. The zero-order valence-corrected chi connectivity index (χ0v) is 9.03. The Labute approximate surface area is 90.3 Å². The van der Waals surface area contributed by atoms with Gasteiger partial charge in [0.2, 0.25) is 0 Å². The lowest BCUT2D eigenvalue weighted by Crippen LogP contribution is -2.18. The molecule has 0 radical (unpaired) electrons. The van der Waals surface area contributed by atoms with Gasteiger partial charge in [0, 0.05) is 13.5 Å². The minimum atomic E-state index is 0.210. The minimum Gasteiger partial charge on any atom is -0.377 e. The van der Waals surface area contributed by atoms with Crippen LogP contribution in [-0.2, 0) is 16.0 Å². The molecule has 0 saturated heterocycles. The normalized spacial score (nSPS) is 18.1. The number of ether oxygens (including phenoxy) is 1. The van der Waals surface area contributed by atoms with E-state index in [4.69, 9.17) is 4.74 Å². The van der Waals surface area contributed by atoms with Crippen LogP contribution in [0.25, 0.3) is 0 Å². The Balaban J connectivity index is 1.82. The molecule has 15 heavy (non-hydrogen) atoms. The zero-order valence-electron chi connectivity index (χ0n) is 9.03. The first kappa shape index (κ1) is 10.4. The molecule has 0 aliphatic heterocycles. The Morgan fingerprint density at radius 3 is 3.00 bits per heavy atom. The van der Waals surface area contributed by atoms with Crippen molar-refractivity contribution in [1.82, 2.24) is 0 Å². The average Bonchev–Trinajstić information content (AvgIpc) is 2.20. The van der Waals surface area contributed by atoms with Crippen LogP contribution in [0.4, 0.5) is 0 Å². The highest BCUT2D eigenvalue weighted by Gasteiger charge is 2.25. The van der Waals surface area contributed by atoms with E-state index >= 15 is 0 Å². The molecule has 2 rings (SSSR count). The summed E-state index contributed by atoms with van der Waals surface area (Å²) in [5, 5.41) is 0. The maximum Gasteiger partial charge on any atom is 0.158 e. The van der Waals surface area contributed by atoms with Gasteiger partial charge in [-0.15, -0.1) is 0 Å². The van der Waals surface area contributed by atoms with Crippen molar-refractivity contribution in [1.29, 1.82) is 0 Å². The number of methoxy groups -OCH3 is 1. The number of hydrogen-bond acceptors (Lipinski definition) is 2. The summed E-state index contributed by atoms with van der Waals surface area (Å²) in [5.74, 6) is 0.809. The number of ketones is 1. The highest BCUT2D eigenvalue weighted by Crippen LogP contribution is 2.37. The molecule has 2 nitrogen and oxygen atoms in total. The van der Waals surface area contributed by atoms with E-state index in [1.54, 1.807) is 7.11 Å². The average molecular weight is 204 g/mol. The van der Waals surface area contributed by atoms with Gasteiger partial charge in [0.25, 0.3) is 0 Å². The number of Topliss-reactive ketones (excluding diaryl/α,β-unsaturated/α-hetero) is 1. The van der Waals surface area contributed by atoms with Gasteiger partial charge in [-0.25, -0.2) is 0 Å². The lowest BCUT2D eigenvalue weighted by atomic mass is 9.75. The van der Waals surface area contributed by atoms with Gasteiger partial charge in [-0.2, -0.15) is 0 Å². The Bertz CT molecular complexity index is 357. The van der Waals surface area contributed by atoms with E-state index in [1.165, 1.54) is 11.1 Å². The first-order chi connectivity index (χ1) is 7.31. The summed E-state index contributed by atoms with van der Waals surface area (Å²) in [7, 11) is 1.57. The molecule has 1 aromatic carbocycles. The van der Waals surface area contributed by atoms with Crippen molar-refractivity contribution in [3.63, 3.8) is 0 Å². The molecule has 0 heterocycles. The summed E-state index contributed by atoms with van der Waals surface area (Å²) in [4.78, 5) is 11.3. The Kier molecular flexibility index (Phi) is 3.17. The first-order valence-corrected chi connectivity index (χ1v) is 5.39. The molecule has 0 amide bonds. The fraction of sp³-hybridized carbons (Fsp3) is 0.462. The van der Waals surface area contributed by atoms with E-state index < -0.39 is 0 Å². The molecule has 0 bridgehead atoms. The number of rotatable bonds is 5. The lowest BCUT2D eigenvalue weighted by molar-refractivity contribution is -0.122. The monoisotopic (exact) mass is 204 g/mol. The van der Waals surface area contributed by atoms with Gasteiger partial charge in [-0.3, -0.25) is 4.79 Å². The van der Waals surface area contributed by atoms with Crippen LogP contribution in [0.5, 0.6) is 0 Å². The van der Waals surface area contributed by atoms with Gasteiger partial charge in [0.1, 0.15) is 6.61 Å². The first-order valence-electron chi connectivity index (χ1n) is 5.39.